The maximum Gasteiger partial charge on any atom is 0.363 e. The zero-order valence-corrected chi connectivity index (χ0v) is 22.4. The summed E-state index contributed by atoms with van der Waals surface area (Å²) in [6.07, 6.45) is 4.48. The smallest absolute Gasteiger partial charge is 0.363 e. The second-order valence-corrected chi connectivity index (χ2v) is 8.52. The van der Waals surface area contributed by atoms with Crippen LogP contribution < -0.4 is 18.9 Å². The molecule has 1 aliphatic rings. The van der Waals surface area contributed by atoms with Gasteiger partial charge in [-0.2, -0.15) is 0 Å². The van der Waals surface area contributed by atoms with E-state index in [9.17, 15) is 9.59 Å². The van der Waals surface area contributed by atoms with Crippen LogP contribution in [-0.4, -0.2) is 38.2 Å². The van der Waals surface area contributed by atoms with Gasteiger partial charge in [0.1, 0.15) is 0 Å². The van der Waals surface area contributed by atoms with Gasteiger partial charge in [0, 0.05) is 16.7 Å². The Morgan fingerprint density at radius 3 is 2.31 bits per heavy atom. The van der Waals surface area contributed by atoms with E-state index in [1.807, 2.05) is 13.8 Å². The van der Waals surface area contributed by atoms with Crippen molar-refractivity contribution in [2.24, 2.45) is 4.99 Å². The predicted molar refractivity (Wildman–Crippen MR) is 149 cm³/mol. The highest BCUT2D eigenvalue weighted by molar-refractivity contribution is 6.30. The molecule has 0 saturated heterocycles. The van der Waals surface area contributed by atoms with E-state index in [1.165, 1.54) is 13.2 Å². The minimum absolute atomic E-state index is 0.106. The van der Waals surface area contributed by atoms with Gasteiger partial charge >= 0.3 is 11.9 Å². The van der Waals surface area contributed by atoms with Gasteiger partial charge in [0.15, 0.2) is 28.7 Å². The molecular weight excluding hydrogens is 522 g/mol. The summed E-state index contributed by atoms with van der Waals surface area (Å²) in [6, 6.07) is 17.1. The number of methoxy groups -OCH3 is 1. The van der Waals surface area contributed by atoms with E-state index in [-0.39, 0.29) is 17.3 Å². The summed E-state index contributed by atoms with van der Waals surface area (Å²) >= 11 is 5.88. The highest BCUT2D eigenvalue weighted by atomic mass is 35.5. The van der Waals surface area contributed by atoms with E-state index < -0.39 is 11.9 Å². The van der Waals surface area contributed by atoms with Crippen molar-refractivity contribution >= 4 is 41.6 Å². The number of nitrogens with zero attached hydrogens (tertiary/aromatic N) is 1. The summed E-state index contributed by atoms with van der Waals surface area (Å²) in [5.41, 5.74) is 2.08. The first-order valence-electron chi connectivity index (χ1n) is 12.2. The first-order valence-corrected chi connectivity index (χ1v) is 12.5. The molecule has 3 aromatic rings. The maximum absolute atomic E-state index is 12.5. The lowest BCUT2D eigenvalue weighted by molar-refractivity contribution is -0.130. The highest BCUT2D eigenvalue weighted by Gasteiger charge is 2.25. The number of cyclic esters (lactones) is 1. The first kappa shape index (κ1) is 27.5. The van der Waals surface area contributed by atoms with Gasteiger partial charge in [-0.05, 0) is 79.6 Å². The van der Waals surface area contributed by atoms with Crippen molar-refractivity contribution in [3.8, 4) is 23.0 Å². The van der Waals surface area contributed by atoms with Gasteiger partial charge < -0.3 is 23.7 Å². The van der Waals surface area contributed by atoms with Crippen LogP contribution in [0.2, 0.25) is 5.02 Å². The molecule has 0 fully saturated rings. The average molecular weight is 548 g/mol. The Hall–Kier alpha value is -4.56. The number of benzene rings is 3. The van der Waals surface area contributed by atoms with E-state index in [1.54, 1.807) is 72.8 Å². The molecule has 0 aliphatic carbocycles. The molecule has 0 aromatic heterocycles. The summed E-state index contributed by atoms with van der Waals surface area (Å²) in [5, 5.41) is 0.606. The van der Waals surface area contributed by atoms with Crippen molar-refractivity contribution in [3.05, 3.63) is 94.1 Å². The summed E-state index contributed by atoms with van der Waals surface area (Å²) in [7, 11) is 1.45. The number of carbonyl (C=O) groups is 2. The second-order valence-electron chi connectivity index (χ2n) is 8.08. The highest BCUT2D eigenvalue weighted by Crippen LogP contribution is 2.32. The summed E-state index contributed by atoms with van der Waals surface area (Å²) in [4.78, 5) is 29.2. The fourth-order valence-corrected chi connectivity index (χ4v) is 3.74. The minimum atomic E-state index is -0.598. The van der Waals surface area contributed by atoms with E-state index in [0.717, 1.165) is 5.56 Å². The Kier molecular flexibility index (Phi) is 9.01. The summed E-state index contributed by atoms with van der Waals surface area (Å²) < 4.78 is 27.4. The number of halogens is 1. The van der Waals surface area contributed by atoms with Crippen LogP contribution in [0.3, 0.4) is 0 Å². The molecule has 9 heteroatoms. The Morgan fingerprint density at radius 1 is 0.897 bits per heavy atom. The van der Waals surface area contributed by atoms with E-state index in [0.29, 0.717) is 46.6 Å². The number of aliphatic imine (C=N–C) groups is 1. The third-order valence-electron chi connectivity index (χ3n) is 5.39. The van der Waals surface area contributed by atoms with E-state index in [4.69, 9.17) is 35.3 Å². The number of hydrogen-bond acceptors (Lipinski definition) is 8. The Morgan fingerprint density at radius 2 is 1.59 bits per heavy atom. The van der Waals surface area contributed by atoms with Crippen LogP contribution in [0.1, 0.15) is 30.5 Å². The molecule has 1 heterocycles. The lowest BCUT2D eigenvalue weighted by atomic mass is 10.1. The summed E-state index contributed by atoms with van der Waals surface area (Å²) in [5.74, 6) is 0.633. The molecule has 200 valence electrons. The number of hydrogen-bond donors (Lipinski definition) is 0. The van der Waals surface area contributed by atoms with Crippen LogP contribution in [0.5, 0.6) is 23.0 Å². The molecule has 0 radical (unpaired) electrons. The monoisotopic (exact) mass is 547 g/mol. The van der Waals surface area contributed by atoms with E-state index >= 15 is 0 Å². The Labute approximate surface area is 231 Å². The largest absolute Gasteiger partial charge is 0.493 e. The zero-order valence-electron chi connectivity index (χ0n) is 21.6. The molecule has 1 aliphatic heterocycles. The average Bonchev–Trinajstić information content (AvgIpc) is 3.30. The van der Waals surface area contributed by atoms with Crippen LogP contribution in [0, 0.1) is 0 Å². The van der Waals surface area contributed by atoms with Crippen molar-refractivity contribution in [1.29, 1.82) is 0 Å². The molecule has 0 atom stereocenters. The van der Waals surface area contributed by atoms with Crippen molar-refractivity contribution in [2.45, 2.75) is 13.8 Å². The van der Waals surface area contributed by atoms with Gasteiger partial charge in [-0.1, -0.05) is 29.8 Å². The van der Waals surface area contributed by atoms with Crippen LogP contribution >= 0.6 is 11.6 Å². The molecule has 0 amide bonds. The van der Waals surface area contributed by atoms with Gasteiger partial charge in [0.05, 0.1) is 20.3 Å². The van der Waals surface area contributed by atoms with Gasteiger partial charge in [0.25, 0.3) is 0 Å². The van der Waals surface area contributed by atoms with Crippen molar-refractivity contribution < 1.29 is 33.3 Å². The summed E-state index contributed by atoms with van der Waals surface area (Å²) in [6.45, 7) is 4.70. The lowest BCUT2D eigenvalue weighted by Gasteiger charge is -2.11. The first-order chi connectivity index (χ1) is 18.9. The minimum Gasteiger partial charge on any atom is -0.493 e. The molecule has 0 bridgehead atoms. The molecule has 3 aromatic carbocycles. The van der Waals surface area contributed by atoms with Gasteiger partial charge in [-0.15, -0.1) is 0 Å². The van der Waals surface area contributed by atoms with Gasteiger partial charge in [-0.3, -0.25) is 0 Å². The quantitative estimate of drug-likeness (QED) is 0.172. The second kappa shape index (κ2) is 12.8. The fourth-order valence-electron chi connectivity index (χ4n) is 3.61. The zero-order chi connectivity index (χ0) is 27.8. The maximum atomic E-state index is 12.5. The number of carbonyl (C=O) groups excluding carboxylic acids is 2. The van der Waals surface area contributed by atoms with Crippen LogP contribution in [0.25, 0.3) is 12.2 Å². The molecule has 4 rings (SSSR count). The lowest BCUT2D eigenvalue weighted by Crippen LogP contribution is -2.06. The molecule has 8 nitrogen and oxygen atoms in total. The molecule has 39 heavy (non-hydrogen) atoms. The fraction of sp³-hybridized carbons (Fsp3) is 0.167. The van der Waals surface area contributed by atoms with Crippen LogP contribution in [0.15, 0.2) is 77.4 Å². The Balaban J connectivity index is 1.51. The SMILES string of the molecule is CCOc1ccc(C2=N/C(=C\c3ccc(OC(=O)/C=C/c4ccc(Cl)cc4)c(OC)c3)C(=O)O2)cc1OCC. The third-order valence-corrected chi connectivity index (χ3v) is 5.65. The Bertz CT molecular complexity index is 1460. The van der Waals surface area contributed by atoms with Crippen molar-refractivity contribution in [1.82, 2.24) is 0 Å². The van der Waals surface area contributed by atoms with Crippen LogP contribution in [0.4, 0.5) is 0 Å². The number of rotatable bonds is 10. The topological polar surface area (TPSA) is 92.7 Å². The molecular formula is C30H26ClNO7. The van der Waals surface area contributed by atoms with Gasteiger partial charge in [-0.25, -0.2) is 14.6 Å². The van der Waals surface area contributed by atoms with Crippen LogP contribution in [-0.2, 0) is 14.3 Å². The number of esters is 2. The normalized spacial score (nSPS) is 13.8. The van der Waals surface area contributed by atoms with E-state index in [2.05, 4.69) is 4.99 Å². The predicted octanol–water partition coefficient (Wildman–Crippen LogP) is 6.11. The molecule has 0 saturated carbocycles. The molecule has 0 spiro atoms. The van der Waals surface area contributed by atoms with Gasteiger partial charge in [0.2, 0.25) is 5.90 Å². The van der Waals surface area contributed by atoms with Crippen molar-refractivity contribution in [2.75, 3.05) is 20.3 Å². The number of ether oxygens (including phenoxy) is 5. The van der Waals surface area contributed by atoms with Crippen molar-refractivity contribution in [3.63, 3.8) is 0 Å². The molecule has 0 unspecified atom stereocenters. The molecule has 0 N–H and O–H groups in total. The third kappa shape index (κ3) is 7.06. The standard InChI is InChI=1S/C30H26ClNO7/c1-4-36-24-14-10-21(18-27(24)37-5-2)29-32-23(30(34)39-29)16-20-8-13-25(26(17-20)35-3)38-28(33)15-9-19-6-11-22(31)12-7-19/h6-18H,4-5H2,1-3H3/b15-9+,23-16-.